The third-order valence-corrected chi connectivity index (χ3v) is 3.13. The smallest absolute Gasteiger partial charge is 0.334 e. The van der Waals surface area contributed by atoms with Crippen LogP contribution in [0, 0.1) is 11.6 Å². The lowest BCUT2D eigenvalue weighted by Gasteiger charge is -2.37. The van der Waals surface area contributed by atoms with Gasteiger partial charge in [0, 0.05) is 19.0 Å². The summed E-state index contributed by atoms with van der Waals surface area (Å²) in [5, 5.41) is 9.37. The van der Waals surface area contributed by atoms with E-state index in [0.29, 0.717) is 0 Å². The monoisotopic (exact) mass is 271 g/mol. The topological polar surface area (TPSA) is 57.6 Å². The number of nitrogens with zero attached hydrogens (tertiary/aromatic N) is 1. The molecule has 1 amide bonds. The highest BCUT2D eigenvalue weighted by Gasteiger charge is 2.44. The van der Waals surface area contributed by atoms with Gasteiger partial charge in [-0.2, -0.15) is 0 Å². The minimum absolute atomic E-state index is 0.0636. The van der Waals surface area contributed by atoms with E-state index in [1.165, 1.54) is 19.9 Å². The summed E-state index contributed by atoms with van der Waals surface area (Å²) in [5.74, 6) is -4.36. The van der Waals surface area contributed by atoms with Crippen molar-refractivity contribution >= 4 is 11.9 Å². The van der Waals surface area contributed by atoms with Crippen molar-refractivity contribution in [3.8, 4) is 0 Å². The number of hydrogen-bond donors (Lipinski definition) is 1. The van der Waals surface area contributed by atoms with Gasteiger partial charge >= 0.3 is 5.97 Å². The summed E-state index contributed by atoms with van der Waals surface area (Å²) < 4.78 is 27.1. The summed E-state index contributed by atoms with van der Waals surface area (Å²) in [4.78, 5) is 24.0. The van der Waals surface area contributed by atoms with Crippen LogP contribution in [-0.4, -0.2) is 28.4 Å². The van der Waals surface area contributed by atoms with Gasteiger partial charge in [0.05, 0.1) is 0 Å². The van der Waals surface area contributed by atoms with Crippen LogP contribution >= 0.6 is 0 Å². The number of carbonyl (C=O) groups is 2. The Bertz CT molecular complexity index is 519. The molecule has 0 aromatic heterocycles. The van der Waals surface area contributed by atoms with E-state index in [2.05, 4.69) is 0 Å². The standard InChI is InChI=1S/C13H15F2NO3/c1-4-16(8(2)17)13(3,12(18)19)9-6-5-7-10(14)11(9)15/h5-7H,4H2,1-3H3,(H,18,19). The van der Waals surface area contributed by atoms with E-state index >= 15 is 0 Å². The van der Waals surface area contributed by atoms with Crippen molar-refractivity contribution < 1.29 is 23.5 Å². The van der Waals surface area contributed by atoms with Crippen molar-refractivity contribution in [2.45, 2.75) is 26.3 Å². The molecular formula is C13H15F2NO3. The van der Waals surface area contributed by atoms with Gasteiger partial charge in [-0.3, -0.25) is 4.79 Å². The summed E-state index contributed by atoms with van der Waals surface area (Å²) in [7, 11) is 0. The summed E-state index contributed by atoms with van der Waals surface area (Å²) in [5.41, 5.74) is -2.33. The van der Waals surface area contributed by atoms with E-state index in [1.807, 2.05) is 0 Å². The lowest BCUT2D eigenvalue weighted by molar-refractivity contribution is -0.158. The van der Waals surface area contributed by atoms with Crippen LogP contribution in [0.4, 0.5) is 8.78 Å². The molecule has 0 aliphatic heterocycles. The van der Waals surface area contributed by atoms with Crippen LogP contribution in [0.15, 0.2) is 18.2 Å². The number of likely N-dealkylation sites (N-methyl/N-ethyl adjacent to an activating group) is 1. The second-order valence-electron chi connectivity index (χ2n) is 4.24. The number of amides is 1. The van der Waals surface area contributed by atoms with Gasteiger partial charge in [0.1, 0.15) is 0 Å². The average Bonchev–Trinajstić information content (AvgIpc) is 2.32. The maximum absolute atomic E-state index is 13.8. The predicted molar refractivity (Wildman–Crippen MR) is 64.4 cm³/mol. The Hall–Kier alpha value is -1.98. The Kier molecular flexibility index (Phi) is 4.24. The van der Waals surface area contributed by atoms with Crippen LogP contribution in [0.3, 0.4) is 0 Å². The van der Waals surface area contributed by atoms with E-state index in [0.717, 1.165) is 17.0 Å². The van der Waals surface area contributed by atoms with Crippen LogP contribution in [0.2, 0.25) is 0 Å². The van der Waals surface area contributed by atoms with Crippen LogP contribution < -0.4 is 0 Å². The van der Waals surface area contributed by atoms with Crippen molar-refractivity contribution in [3.63, 3.8) is 0 Å². The van der Waals surface area contributed by atoms with Gasteiger partial charge in [0.25, 0.3) is 0 Å². The maximum Gasteiger partial charge on any atom is 0.334 e. The number of carboxylic acids is 1. The lowest BCUT2D eigenvalue weighted by atomic mass is 9.89. The van der Waals surface area contributed by atoms with Crippen LogP contribution in [0.1, 0.15) is 26.3 Å². The molecule has 0 spiro atoms. The molecule has 4 nitrogen and oxygen atoms in total. The molecule has 0 fully saturated rings. The van der Waals surface area contributed by atoms with Gasteiger partial charge < -0.3 is 10.0 Å². The quantitative estimate of drug-likeness (QED) is 0.912. The predicted octanol–water partition coefficient (Wildman–Crippen LogP) is 2.13. The Morgan fingerprint density at radius 2 is 1.95 bits per heavy atom. The first-order valence-corrected chi connectivity index (χ1v) is 5.72. The van der Waals surface area contributed by atoms with E-state index < -0.39 is 29.0 Å². The highest BCUT2D eigenvalue weighted by atomic mass is 19.2. The summed E-state index contributed by atoms with van der Waals surface area (Å²) in [6.07, 6.45) is 0. The van der Waals surface area contributed by atoms with Crippen molar-refractivity contribution in [1.29, 1.82) is 0 Å². The minimum atomic E-state index is -1.95. The molecule has 1 rings (SSSR count). The molecule has 19 heavy (non-hydrogen) atoms. The summed E-state index contributed by atoms with van der Waals surface area (Å²) >= 11 is 0. The zero-order chi connectivity index (χ0) is 14.8. The number of halogens is 2. The highest BCUT2D eigenvalue weighted by Crippen LogP contribution is 2.31. The molecule has 0 saturated heterocycles. The van der Waals surface area contributed by atoms with Gasteiger partial charge in [-0.15, -0.1) is 0 Å². The first-order chi connectivity index (χ1) is 8.76. The van der Waals surface area contributed by atoms with Gasteiger partial charge in [-0.25, -0.2) is 13.6 Å². The number of carboxylic acid groups (broad SMARTS) is 1. The fourth-order valence-electron chi connectivity index (χ4n) is 2.11. The summed E-state index contributed by atoms with van der Waals surface area (Å²) in [6, 6.07) is 3.27. The molecule has 6 heteroatoms. The summed E-state index contributed by atoms with van der Waals surface area (Å²) in [6.45, 7) is 3.99. The second kappa shape index (κ2) is 5.34. The van der Waals surface area contributed by atoms with Gasteiger partial charge in [-0.1, -0.05) is 12.1 Å². The van der Waals surface area contributed by atoms with E-state index in [1.54, 1.807) is 6.92 Å². The average molecular weight is 271 g/mol. The molecule has 104 valence electrons. The fraction of sp³-hybridized carbons (Fsp3) is 0.385. The molecule has 1 unspecified atom stereocenters. The maximum atomic E-state index is 13.8. The zero-order valence-electron chi connectivity index (χ0n) is 10.9. The Morgan fingerprint density at radius 1 is 1.37 bits per heavy atom. The molecule has 1 N–H and O–H groups in total. The molecule has 0 aliphatic carbocycles. The normalized spacial score (nSPS) is 13.7. The van der Waals surface area contributed by atoms with Crippen LogP contribution in [0.5, 0.6) is 0 Å². The molecular weight excluding hydrogens is 256 g/mol. The first-order valence-electron chi connectivity index (χ1n) is 5.72. The first kappa shape index (κ1) is 15.1. The van der Waals surface area contributed by atoms with Crippen LogP contribution in [0.25, 0.3) is 0 Å². The number of hydrogen-bond acceptors (Lipinski definition) is 2. The molecule has 0 aliphatic rings. The van der Waals surface area contributed by atoms with Gasteiger partial charge in [-0.05, 0) is 19.9 Å². The SMILES string of the molecule is CCN(C(C)=O)C(C)(C(=O)O)c1cccc(F)c1F. The largest absolute Gasteiger partial charge is 0.479 e. The molecule has 0 heterocycles. The van der Waals surface area contributed by atoms with Crippen molar-refractivity contribution in [3.05, 3.63) is 35.4 Å². The Labute approximate surface area is 109 Å². The van der Waals surface area contributed by atoms with Crippen molar-refractivity contribution in [2.24, 2.45) is 0 Å². The molecule has 1 aromatic carbocycles. The zero-order valence-corrected chi connectivity index (χ0v) is 10.9. The number of rotatable bonds is 4. The lowest BCUT2D eigenvalue weighted by Crippen LogP contribution is -2.52. The van der Waals surface area contributed by atoms with Crippen LogP contribution in [-0.2, 0) is 15.1 Å². The van der Waals surface area contributed by atoms with Gasteiger partial charge in [0.15, 0.2) is 17.2 Å². The second-order valence-corrected chi connectivity index (χ2v) is 4.24. The minimum Gasteiger partial charge on any atom is -0.479 e. The molecule has 1 atom stereocenters. The third-order valence-electron chi connectivity index (χ3n) is 3.13. The molecule has 0 saturated carbocycles. The number of aliphatic carboxylic acids is 1. The Balaban J connectivity index is 3.54. The van der Waals surface area contributed by atoms with E-state index in [9.17, 15) is 23.5 Å². The molecule has 0 bridgehead atoms. The van der Waals surface area contributed by atoms with Gasteiger partial charge in [0.2, 0.25) is 5.91 Å². The van der Waals surface area contributed by atoms with Crippen molar-refractivity contribution in [1.82, 2.24) is 4.90 Å². The number of benzene rings is 1. The highest BCUT2D eigenvalue weighted by molar-refractivity contribution is 5.87. The third kappa shape index (κ3) is 2.43. The van der Waals surface area contributed by atoms with E-state index in [4.69, 9.17) is 0 Å². The van der Waals surface area contributed by atoms with E-state index in [-0.39, 0.29) is 12.1 Å². The molecule has 0 radical (unpaired) electrons. The Morgan fingerprint density at radius 3 is 2.37 bits per heavy atom. The number of carbonyl (C=O) groups excluding carboxylic acids is 1. The fourth-order valence-corrected chi connectivity index (χ4v) is 2.11. The van der Waals surface area contributed by atoms with Crippen molar-refractivity contribution in [2.75, 3.05) is 6.54 Å². The molecule has 1 aromatic rings.